The van der Waals surface area contributed by atoms with Crippen LogP contribution in [0.15, 0.2) is 68.9 Å². The number of amides is 1. The number of carboxylic acids is 1. The lowest BCUT2D eigenvalue weighted by Gasteiger charge is -2.10. The molecule has 0 saturated carbocycles. The predicted octanol–water partition coefficient (Wildman–Crippen LogP) is 4.60. The number of aromatic carboxylic acids is 1. The van der Waals surface area contributed by atoms with Crippen molar-refractivity contribution < 1.29 is 33.0 Å². The Labute approximate surface area is 191 Å². The van der Waals surface area contributed by atoms with E-state index < -0.39 is 5.97 Å². The zero-order chi connectivity index (χ0) is 23.4. The van der Waals surface area contributed by atoms with E-state index in [-0.39, 0.29) is 24.1 Å². The summed E-state index contributed by atoms with van der Waals surface area (Å²) in [5, 5.41) is 12.0. The van der Waals surface area contributed by atoms with E-state index in [0.717, 1.165) is 0 Å². The van der Waals surface area contributed by atoms with Crippen molar-refractivity contribution in [1.82, 2.24) is 5.32 Å². The molecule has 8 nitrogen and oxygen atoms in total. The summed E-state index contributed by atoms with van der Waals surface area (Å²) in [6.07, 6.45) is 1.69. The number of carbonyl (C=O) groups is 2. The van der Waals surface area contributed by atoms with Gasteiger partial charge in [0, 0.05) is 0 Å². The zero-order valence-electron chi connectivity index (χ0n) is 17.2. The quantitative estimate of drug-likeness (QED) is 0.488. The number of rotatable bonds is 7. The van der Waals surface area contributed by atoms with Crippen LogP contribution in [0.25, 0.3) is 6.08 Å². The maximum Gasteiger partial charge on any atom is 0.371 e. The van der Waals surface area contributed by atoms with E-state index in [1.165, 1.54) is 55.3 Å². The first-order chi connectivity index (χ1) is 15.9. The van der Waals surface area contributed by atoms with E-state index in [9.17, 15) is 14.0 Å². The SMILES string of the molecule is COc1cc(/C=C2\SC(=Nc3ccc(F)cc3)NC2=O)ccc1OCc1ccc(C(=O)O)o1. The Morgan fingerprint density at radius 3 is 2.67 bits per heavy atom. The van der Waals surface area contributed by atoms with Crippen molar-refractivity contribution in [3.63, 3.8) is 0 Å². The summed E-state index contributed by atoms with van der Waals surface area (Å²) < 4.78 is 29.3. The molecule has 1 saturated heterocycles. The third kappa shape index (κ3) is 5.42. The van der Waals surface area contributed by atoms with Gasteiger partial charge in [0.25, 0.3) is 5.91 Å². The minimum absolute atomic E-state index is 0.0194. The van der Waals surface area contributed by atoms with Crippen LogP contribution in [0.2, 0.25) is 0 Å². The van der Waals surface area contributed by atoms with Gasteiger partial charge in [-0.05, 0) is 71.9 Å². The normalized spacial score (nSPS) is 15.6. The number of furan rings is 1. The fraction of sp³-hybridized carbons (Fsp3) is 0.0870. The summed E-state index contributed by atoms with van der Waals surface area (Å²) in [5.74, 6) is -0.779. The Balaban J connectivity index is 1.47. The number of methoxy groups -OCH3 is 1. The Morgan fingerprint density at radius 2 is 1.97 bits per heavy atom. The molecule has 33 heavy (non-hydrogen) atoms. The maximum atomic E-state index is 13.0. The van der Waals surface area contributed by atoms with E-state index >= 15 is 0 Å². The molecule has 0 bridgehead atoms. The van der Waals surface area contributed by atoms with Gasteiger partial charge in [-0.1, -0.05) is 6.07 Å². The minimum Gasteiger partial charge on any atom is -0.493 e. The molecular formula is C23H17FN2O6S. The molecule has 1 aliphatic heterocycles. The molecule has 1 fully saturated rings. The highest BCUT2D eigenvalue weighted by molar-refractivity contribution is 8.18. The number of nitrogens with zero attached hydrogens (tertiary/aromatic N) is 1. The minimum atomic E-state index is -1.16. The van der Waals surface area contributed by atoms with Crippen LogP contribution in [0, 0.1) is 5.82 Å². The molecule has 1 amide bonds. The number of hydrogen-bond acceptors (Lipinski definition) is 7. The highest BCUT2D eigenvalue weighted by Gasteiger charge is 2.24. The van der Waals surface area contributed by atoms with Crippen LogP contribution in [0.3, 0.4) is 0 Å². The maximum absolute atomic E-state index is 13.0. The van der Waals surface area contributed by atoms with Gasteiger partial charge in [0.2, 0.25) is 5.76 Å². The molecule has 1 aliphatic rings. The predicted molar refractivity (Wildman–Crippen MR) is 120 cm³/mol. The third-order valence-corrected chi connectivity index (χ3v) is 5.35. The van der Waals surface area contributed by atoms with Crippen LogP contribution in [-0.2, 0) is 11.4 Å². The van der Waals surface area contributed by atoms with E-state index in [0.29, 0.717) is 38.6 Å². The zero-order valence-corrected chi connectivity index (χ0v) is 18.0. The molecule has 2 heterocycles. The van der Waals surface area contributed by atoms with Crippen molar-refractivity contribution in [1.29, 1.82) is 0 Å². The standard InChI is InChI=1S/C23H17FN2O6S/c1-30-19-10-13(2-8-17(19)31-12-16-7-9-18(32-16)22(28)29)11-20-21(27)26-23(33-20)25-15-5-3-14(24)4-6-15/h2-11H,12H2,1H3,(H,28,29)(H,25,26,27)/b20-11-. The summed E-state index contributed by atoms with van der Waals surface area (Å²) in [6.45, 7) is 0.0194. The smallest absolute Gasteiger partial charge is 0.371 e. The molecule has 2 N–H and O–H groups in total. The second kappa shape index (κ2) is 9.61. The summed E-state index contributed by atoms with van der Waals surface area (Å²) in [7, 11) is 1.49. The topological polar surface area (TPSA) is 110 Å². The number of aliphatic imine (C=N–C) groups is 1. The van der Waals surface area contributed by atoms with Crippen molar-refractivity contribution in [2.45, 2.75) is 6.61 Å². The van der Waals surface area contributed by atoms with E-state index in [4.69, 9.17) is 19.0 Å². The summed E-state index contributed by atoms with van der Waals surface area (Å²) in [6, 6.07) is 13.6. The van der Waals surface area contributed by atoms with Crippen LogP contribution in [0.5, 0.6) is 11.5 Å². The number of halogens is 1. The molecular weight excluding hydrogens is 451 g/mol. The average molecular weight is 468 g/mol. The molecule has 0 radical (unpaired) electrons. The van der Waals surface area contributed by atoms with E-state index in [1.807, 2.05) is 0 Å². The van der Waals surface area contributed by atoms with E-state index in [2.05, 4.69) is 10.3 Å². The van der Waals surface area contributed by atoms with Gasteiger partial charge < -0.3 is 24.3 Å². The highest BCUT2D eigenvalue weighted by atomic mass is 32.2. The molecule has 0 atom stereocenters. The van der Waals surface area contributed by atoms with Crippen LogP contribution in [0.1, 0.15) is 21.9 Å². The van der Waals surface area contributed by atoms with Crippen LogP contribution in [-0.4, -0.2) is 29.3 Å². The average Bonchev–Trinajstić information content (AvgIpc) is 3.41. The Hall–Kier alpha value is -4.05. The number of nitrogens with one attached hydrogen (secondary N) is 1. The first-order valence-corrected chi connectivity index (χ1v) is 10.4. The number of ether oxygens (including phenoxy) is 2. The number of carbonyl (C=O) groups excluding carboxylic acids is 1. The first-order valence-electron chi connectivity index (χ1n) is 9.59. The lowest BCUT2D eigenvalue weighted by atomic mass is 10.2. The second-order valence-electron chi connectivity index (χ2n) is 6.73. The van der Waals surface area contributed by atoms with Gasteiger partial charge in [-0.3, -0.25) is 4.79 Å². The second-order valence-corrected chi connectivity index (χ2v) is 7.76. The number of thioether (sulfide) groups is 1. The Bertz CT molecular complexity index is 1270. The van der Waals surface area contributed by atoms with Crippen LogP contribution >= 0.6 is 11.8 Å². The van der Waals surface area contributed by atoms with Crippen LogP contribution in [0.4, 0.5) is 10.1 Å². The molecule has 0 unspecified atom stereocenters. The van der Waals surface area contributed by atoms with Crippen molar-refractivity contribution in [2.75, 3.05) is 7.11 Å². The van der Waals surface area contributed by atoms with Gasteiger partial charge >= 0.3 is 5.97 Å². The van der Waals surface area contributed by atoms with Crippen molar-refractivity contribution in [2.24, 2.45) is 4.99 Å². The molecule has 1 aromatic heterocycles. The molecule has 168 valence electrons. The summed E-state index contributed by atoms with van der Waals surface area (Å²) >= 11 is 1.17. The molecule has 0 aliphatic carbocycles. The Morgan fingerprint density at radius 1 is 1.18 bits per heavy atom. The number of benzene rings is 2. The lowest BCUT2D eigenvalue weighted by Crippen LogP contribution is -2.19. The molecule has 10 heteroatoms. The van der Waals surface area contributed by atoms with Gasteiger partial charge in [0.05, 0.1) is 17.7 Å². The highest BCUT2D eigenvalue weighted by Crippen LogP contribution is 2.32. The van der Waals surface area contributed by atoms with Crippen molar-refractivity contribution in [3.05, 3.63) is 82.4 Å². The third-order valence-electron chi connectivity index (χ3n) is 4.44. The lowest BCUT2D eigenvalue weighted by molar-refractivity contribution is -0.115. The molecule has 4 rings (SSSR count). The van der Waals surface area contributed by atoms with Gasteiger partial charge in [0.15, 0.2) is 16.7 Å². The number of amidine groups is 1. The van der Waals surface area contributed by atoms with E-state index in [1.54, 1.807) is 24.3 Å². The first kappa shape index (κ1) is 22.2. The summed E-state index contributed by atoms with van der Waals surface area (Å²) in [4.78, 5) is 28.0. The van der Waals surface area contributed by atoms with Crippen LogP contribution < -0.4 is 14.8 Å². The van der Waals surface area contributed by atoms with Gasteiger partial charge in [-0.15, -0.1) is 0 Å². The monoisotopic (exact) mass is 468 g/mol. The summed E-state index contributed by atoms with van der Waals surface area (Å²) in [5.41, 5.74) is 1.22. The van der Waals surface area contributed by atoms with Gasteiger partial charge in [0.1, 0.15) is 18.2 Å². The molecule has 3 aromatic rings. The van der Waals surface area contributed by atoms with Gasteiger partial charge in [-0.2, -0.15) is 0 Å². The van der Waals surface area contributed by atoms with Gasteiger partial charge in [-0.25, -0.2) is 14.2 Å². The fourth-order valence-corrected chi connectivity index (χ4v) is 3.72. The molecule has 2 aromatic carbocycles. The Kier molecular flexibility index (Phi) is 6.45. The largest absolute Gasteiger partial charge is 0.493 e. The van der Waals surface area contributed by atoms with Crippen molar-refractivity contribution >= 4 is 40.6 Å². The number of carboxylic acid groups (broad SMARTS) is 1. The fourth-order valence-electron chi connectivity index (χ4n) is 2.88. The van der Waals surface area contributed by atoms with Crippen molar-refractivity contribution in [3.8, 4) is 11.5 Å². The molecule has 0 spiro atoms. The number of hydrogen-bond donors (Lipinski definition) is 2.